The fourth-order valence-corrected chi connectivity index (χ4v) is 1.93. The number of hydrogen-bond acceptors (Lipinski definition) is 4. The fraction of sp³-hybridized carbons (Fsp3) is 0.0667. The van der Waals surface area contributed by atoms with Crippen molar-refractivity contribution in [1.29, 1.82) is 0 Å². The first-order valence-corrected chi connectivity index (χ1v) is 6.10. The Bertz CT molecular complexity index is 778. The van der Waals surface area contributed by atoms with Crippen LogP contribution in [0.2, 0.25) is 0 Å². The molecule has 5 heteroatoms. The van der Waals surface area contributed by atoms with Crippen LogP contribution in [-0.2, 0) is 0 Å². The summed E-state index contributed by atoms with van der Waals surface area (Å²) in [6.07, 6.45) is 3.31. The van der Waals surface area contributed by atoms with E-state index in [4.69, 9.17) is 4.74 Å². The summed E-state index contributed by atoms with van der Waals surface area (Å²) in [5, 5.41) is 9.85. The van der Waals surface area contributed by atoms with Crippen LogP contribution in [0.25, 0.3) is 11.0 Å². The van der Waals surface area contributed by atoms with Gasteiger partial charge in [0.1, 0.15) is 29.9 Å². The number of imidazole rings is 1. The molecule has 0 fully saturated rings. The van der Waals surface area contributed by atoms with Crippen LogP contribution in [-0.4, -0.2) is 28.1 Å². The van der Waals surface area contributed by atoms with Crippen LogP contribution in [0.4, 0.5) is 5.69 Å². The monoisotopic (exact) mass is 267 g/mol. The van der Waals surface area contributed by atoms with Crippen molar-refractivity contribution < 1.29 is 9.84 Å². The number of aliphatic imine (C=N–C) groups is 1. The van der Waals surface area contributed by atoms with Crippen molar-refractivity contribution >= 4 is 23.1 Å². The first-order chi connectivity index (χ1) is 9.78. The fourth-order valence-electron chi connectivity index (χ4n) is 1.93. The van der Waals surface area contributed by atoms with Gasteiger partial charge >= 0.3 is 0 Å². The quantitative estimate of drug-likeness (QED) is 0.586. The maximum Gasteiger partial charge on any atom is 0.144 e. The number of nitrogens with zero attached hydrogens (tertiary/aromatic N) is 3. The Labute approximate surface area is 115 Å². The Morgan fingerprint density at radius 3 is 2.90 bits per heavy atom. The van der Waals surface area contributed by atoms with Gasteiger partial charge in [-0.15, -0.1) is 0 Å². The normalized spacial score (nSPS) is 11.2. The molecule has 0 aliphatic carbocycles. The van der Waals surface area contributed by atoms with Gasteiger partial charge in [0.25, 0.3) is 0 Å². The van der Waals surface area contributed by atoms with E-state index in [1.165, 1.54) is 6.07 Å². The highest BCUT2D eigenvalue weighted by Gasteiger charge is 2.02. The lowest BCUT2D eigenvalue weighted by molar-refractivity contribution is 0.408. The number of benzene rings is 2. The SMILES string of the molecule is COc1ccc(N=Cn2cnc3ccccc32)c(O)c1. The summed E-state index contributed by atoms with van der Waals surface area (Å²) in [7, 11) is 1.55. The van der Waals surface area contributed by atoms with Gasteiger partial charge in [-0.2, -0.15) is 0 Å². The maximum atomic E-state index is 9.85. The van der Waals surface area contributed by atoms with Gasteiger partial charge in [0.05, 0.1) is 18.1 Å². The summed E-state index contributed by atoms with van der Waals surface area (Å²) in [4.78, 5) is 8.54. The van der Waals surface area contributed by atoms with Gasteiger partial charge in [-0.25, -0.2) is 9.98 Å². The second-order valence-electron chi connectivity index (χ2n) is 4.24. The standard InChI is InChI=1S/C15H13N3O2/c1-20-11-6-7-13(15(19)8-11)17-10-18-9-16-12-4-2-3-5-14(12)18/h2-10,19H,1H3. The molecule has 0 bridgehead atoms. The molecule has 20 heavy (non-hydrogen) atoms. The van der Waals surface area contributed by atoms with E-state index in [-0.39, 0.29) is 5.75 Å². The Kier molecular flexibility index (Phi) is 3.09. The van der Waals surface area contributed by atoms with E-state index in [2.05, 4.69) is 9.98 Å². The van der Waals surface area contributed by atoms with Crippen molar-refractivity contribution in [1.82, 2.24) is 9.55 Å². The van der Waals surface area contributed by atoms with Gasteiger partial charge in [-0.1, -0.05) is 12.1 Å². The number of ether oxygens (including phenoxy) is 1. The number of aromatic nitrogens is 2. The minimum Gasteiger partial charge on any atom is -0.506 e. The zero-order chi connectivity index (χ0) is 13.9. The molecule has 0 saturated heterocycles. The van der Waals surface area contributed by atoms with E-state index < -0.39 is 0 Å². The number of rotatable bonds is 3. The minimum absolute atomic E-state index is 0.0741. The van der Waals surface area contributed by atoms with Crippen molar-refractivity contribution in [3.8, 4) is 11.5 Å². The second kappa shape index (κ2) is 5.05. The van der Waals surface area contributed by atoms with E-state index in [9.17, 15) is 5.11 Å². The Hall–Kier alpha value is -2.82. The molecule has 5 nitrogen and oxygen atoms in total. The highest BCUT2D eigenvalue weighted by Crippen LogP contribution is 2.30. The maximum absolute atomic E-state index is 9.85. The van der Waals surface area contributed by atoms with Gasteiger partial charge < -0.3 is 9.84 Å². The molecule has 3 rings (SSSR count). The predicted octanol–water partition coefficient (Wildman–Crippen LogP) is 2.96. The van der Waals surface area contributed by atoms with Crippen molar-refractivity contribution in [3.05, 3.63) is 48.8 Å². The van der Waals surface area contributed by atoms with Gasteiger partial charge in [0.15, 0.2) is 0 Å². The van der Waals surface area contributed by atoms with Crippen LogP contribution in [0.1, 0.15) is 0 Å². The Morgan fingerprint density at radius 2 is 2.10 bits per heavy atom. The number of fused-ring (bicyclic) bond motifs is 1. The van der Waals surface area contributed by atoms with Crippen molar-refractivity contribution in [2.75, 3.05) is 7.11 Å². The predicted molar refractivity (Wildman–Crippen MR) is 77.9 cm³/mol. The zero-order valence-electron chi connectivity index (χ0n) is 10.9. The van der Waals surface area contributed by atoms with Crippen LogP contribution in [0.5, 0.6) is 11.5 Å². The molecule has 0 radical (unpaired) electrons. The molecular weight excluding hydrogens is 254 g/mol. The molecule has 0 amide bonds. The Balaban J connectivity index is 1.94. The molecular formula is C15H13N3O2. The molecule has 3 aromatic rings. The molecule has 1 N–H and O–H groups in total. The largest absolute Gasteiger partial charge is 0.506 e. The molecule has 1 aromatic heterocycles. The van der Waals surface area contributed by atoms with Gasteiger partial charge in [0, 0.05) is 6.07 Å². The summed E-state index contributed by atoms with van der Waals surface area (Å²) in [5.74, 6) is 0.666. The highest BCUT2D eigenvalue weighted by molar-refractivity contribution is 5.83. The molecule has 0 unspecified atom stereocenters. The number of hydrogen-bond donors (Lipinski definition) is 1. The van der Waals surface area contributed by atoms with E-state index >= 15 is 0 Å². The third-order valence-corrected chi connectivity index (χ3v) is 2.98. The second-order valence-corrected chi connectivity index (χ2v) is 4.24. The van der Waals surface area contributed by atoms with E-state index in [1.807, 2.05) is 24.3 Å². The molecule has 0 atom stereocenters. The van der Waals surface area contributed by atoms with Gasteiger partial charge in [0.2, 0.25) is 0 Å². The van der Waals surface area contributed by atoms with Crippen molar-refractivity contribution in [3.63, 3.8) is 0 Å². The smallest absolute Gasteiger partial charge is 0.144 e. The number of aromatic hydroxyl groups is 1. The van der Waals surface area contributed by atoms with E-state index in [1.54, 1.807) is 36.5 Å². The number of methoxy groups -OCH3 is 1. The summed E-state index contributed by atoms with van der Waals surface area (Å²) in [6, 6.07) is 12.7. The molecule has 0 aliphatic heterocycles. The van der Waals surface area contributed by atoms with E-state index in [0.29, 0.717) is 11.4 Å². The minimum atomic E-state index is 0.0741. The molecule has 100 valence electrons. The number of phenolic OH excluding ortho intramolecular Hbond substituents is 1. The van der Waals surface area contributed by atoms with Crippen LogP contribution in [0.15, 0.2) is 53.8 Å². The lowest BCUT2D eigenvalue weighted by Gasteiger charge is -2.02. The van der Waals surface area contributed by atoms with Crippen LogP contribution < -0.4 is 4.74 Å². The highest BCUT2D eigenvalue weighted by atomic mass is 16.5. The summed E-state index contributed by atoms with van der Waals surface area (Å²) >= 11 is 0. The first-order valence-electron chi connectivity index (χ1n) is 6.10. The molecule has 1 heterocycles. The zero-order valence-corrected chi connectivity index (χ0v) is 10.9. The van der Waals surface area contributed by atoms with Crippen LogP contribution in [0.3, 0.4) is 0 Å². The van der Waals surface area contributed by atoms with E-state index in [0.717, 1.165) is 11.0 Å². The summed E-state index contributed by atoms with van der Waals surface area (Å²) < 4.78 is 6.84. The summed E-state index contributed by atoms with van der Waals surface area (Å²) in [6.45, 7) is 0. The van der Waals surface area contributed by atoms with Crippen molar-refractivity contribution in [2.24, 2.45) is 4.99 Å². The van der Waals surface area contributed by atoms with Crippen molar-refractivity contribution in [2.45, 2.75) is 0 Å². The molecule has 2 aromatic carbocycles. The average Bonchev–Trinajstić information content (AvgIpc) is 2.89. The third-order valence-electron chi connectivity index (χ3n) is 2.98. The van der Waals surface area contributed by atoms with Crippen LogP contribution >= 0.6 is 0 Å². The van der Waals surface area contributed by atoms with Gasteiger partial charge in [-0.3, -0.25) is 4.57 Å². The molecule has 0 aliphatic rings. The number of para-hydroxylation sites is 2. The average molecular weight is 267 g/mol. The summed E-state index contributed by atoms with van der Waals surface area (Å²) in [5.41, 5.74) is 2.34. The molecule has 0 saturated carbocycles. The molecule has 0 spiro atoms. The third kappa shape index (κ3) is 2.21. The Morgan fingerprint density at radius 1 is 1.25 bits per heavy atom. The number of phenols is 1. The van der Waals surface area contributed by atoms with Crippen LogP contribution in [0, 0.1) is 0 Å². The van der Waals surface area contributed by atoms with Gasteiger partial charge in [-0.05, 0) is 24.3 Å². The lowest BCUT2D eigenvalue weighted by Crippen LogP contribution is -1.91. The topological polar surface area (TPSA) is 59.6 Å². The first kappa shape index (κ1) is 12.2. The lowest BCUT2D eigenvalue weighted by atomic mass is 10.3.